The van der Waals surface area contributed by atoms with Crippen molar-refractivity contribution in [3.8, 4) is 0 Å². The highest BCUT2D eigenvalue weighted by atomic mass is 19.1. The van der Waals surface area contributed by atoms with Crippen LogP contribution in [0.25, 0.3) is 0 Å². The van der Waals surface area contributed by atoms with Gasteiger partial charge in [-0.1, -0.05) is 30.3 Å². The topological polar surface area (TPSA) is 104 Å². The maximum absolute atomic E-state index is 15.2. The number of alkyl carbamates (subject to hydrolysis) is 1. The van der Waals surface area contributed by atoms with Crippen LogP contribution in [-0.4, -0.2) is 29.1 Å². The molecule has 29 heavy (non-hydrogen) atoms. The predicted octanol–water partition coefficient (Wildman–Crippen LogP) is 3.26. The number of fused-ring (bicyclic) bond motifs is 2. The van der Waals surface area contributed by atoms with E-state index >= 15 is 4.39 Å². The molecule has 8 heteroatoms. The third kappa shape index (κ3) is 4.01. The Kier molecular flexibility index (Phi) is 5.33. The largest absolute Gasteiger partial charge is 0.444 e. The number of guanidine groups is 1. The highest BCUT2D eigenvalue weighted by Crippen LogP contribution is 2.45. The molecule has 0 spiro atoms. The molecule has 0 saturated carbocycles. The molecule has 4 rings (SSSR count). The first-order valence-electron chi connectivity index (χ1n) is 9.77. The minimum Gasteiger partial charge on any atom is -0.444 e. The summed E-state index contributed by atoms with van der Waals surface area (Å²) in [7, 11) is 0. The average molecular weight is 397 g/mol. The summed E-state index contributed by atoms with van der Waals surface area (Å²) >= 11 is 0. The summed E-state index contributed by atoms with van der Waals surface area (Å²) in [6.07, 6.45) is 4.66. The van der Waals surface area contributed by atoms with E-state index in [0.29, 0.717) is 11.7 Å². The highest BCUT2D eigenvalue weighted by Gasteiger charge is 2.42. The number of anilines is 1. The van der Waals surface area contributed by atoms with Crippen molar-refractivity contribution in [2.75, 3.05) is 4.90 Å². The smallest absolute Gasteiger partial charge is 0.414 e. The number of carbonyl (C=O) groups excluding carboxylic acids is 1. The van der Waals surface area contributed by atoms with E-state index in [1.165, 1.54) is 11.6 Å². The molecule has 1 aromatic heterocycles. The third-order valence-corrected chi connectivity index (χ3v) is 5.79. The van der Waals surface area contributed by atoms with Gasteiger partial charge in [0.15, 0.2) is 17.6 Å². The lowest BCUT2D eigenvalue weighted by Crippen LogP contribution is -2.43. The molecule has 0 aliphatic carbocycles. The van der Waals surface area contributed by atoms with Crippen LogP contribution in [0.1, 0.15) is 42.7 Å². The van der Waals surface area contributed by atoms with Gasteiger partial charge < -0.3 is 15.4 Å². The second-order valence-corrected chi connectivity index (χ2v) is 7.59. The lowest BCUT2D eigenvalue weighted by Gasteiger charge is -2.40. The van der Waals surface area contributed by atoms with Gasteiger partial charge in [-0.25, -0.2) is 14.2 Å². The maximum atomic E-state index is 15.2. The van der Waals surface area contributed by atoms with Crippen molar-refractivity contribution in [2.45, 2.75) is 50.3 Å². The number of rotatable bonds is 4. The molecule has 2 saturated heterocycles. The molecule has 4 N–H and O–H groups in total. The first-order valence-corrected chi connectivity index (χ1v) is 9.77. The molecule has 1 amide bonds. The number of amides is 1. The first-order chi connectivity index (χ1) is 14.0. The van der Waals surface area contributed by atoms with Gasteiger partial charge in [-0.15, -0.1) is 0 Å². The molecule has 2 fully saturated rings. The zero-order valence-electron chi connectivity index (χ0n) is 16.0. The van der Waals surface area contributed by atoms with E-state index in [1.54, 1.807) is 6.20 Å². The van der Waals surface area contributed by atoms with Gasteiger partial charge in [0.2, 0.25) is 0 Å². The number of piperidine rings is 1. The fourth-order valence-electron chi connectivity index (χ4n) is 4.57. The van der Waals surface area contributed by atoms with Crippen LogP contribution in [0.3, 0.4) is 0 Å². The Bertz CT molecular complexity index is 893. The lowest BCUT2D eigenvalue weighted by atomic mass is 9.85. The van der Waals surface area contributed by atoms with Crippen molar-refractivity contribution in [2.24, 2.45) is 5.73 Å². The van der Waals surface area contributed by atoms with E-state index in [9.17, 15) is 4.79 Å². The number of aromatic nitrogens is 1. The van der Waals surface area contributed by atoms with Crippen molar-refractivity contribution >= 4 is 17.9 Å². The lowest BCUT2D eigenvalue weighted by molar-refractivity contribution is 0.143. The van der Waals surface area contributed by atoms with Crippen molar-refractivity contribution in [3.05, 3.63) is 59.5 Å². The Balaban J connectivity index is 1.49. The Morgan fingerprint density at radius 3 is 2.59 bits per heavy atom. The second-order valence-electron chi connectivity index (χ2n) is 7.59. The molecular formula is C21H24FN5O2. The van der Waals surface area contributed by atoms with Crippen LogP contribution in [0.15, 0.2) is 42.6 Å². The number of nitrogens with two attached hydrogens (primary N) is 1. The van der Waals surface area contributed by atoms with Crippen LogP contribution in [0, 0.1) is 11.2 Å². The summed E-state index contributed by atoms with van der Waals surface area (Å²) in [6, 6.07) is 12.5. The fourth-order valence-corrected chi connectivity index (χ4v) is 4.57. The summed E-state index contributed by atoms with van der Waals surface area (Å²) < 4.78 is 20.1. The van der Waals surface area contributed by atoms with E-state index in [0.717, 1.165) is 25.7 Å². The van der Waals surface area contributed by atoms with Crippen LogP contribution in [0.5, 0.6) is 0 Å². The van der Waals surface area contributed by atoms with Gasteiger partial charge in [0.1, 0.15) is 6.61 Å². The minimum absolute atomic E-state index is 0.248. The van der Waals surface area contributed by atoms with Gasteiger partial charge in [0, 0.05) is 23.8 Å². The molecule has 2 atom stereocenters. The van der Waals surface area contributed by atoms with Crippen LogP contribution < -0.4 is 16.0 Å². The number of ether oxygens (including phenoxy) is 1. The van der Waals surface area contributed by atoms with E-state index in [4.69, 9.17) is 15.9 Å². The monoisotopic (exact) mass is 397 g/mol. The molecule has 3 heterocycles. The van der Waals surface area contributed by atoms with E-state index in [-0.39, 0.29) is 24.3 Å². The van der Waals surface area contributed by atoms with Crippen molar-refractivity contribution in [1.82, 2.24) is 10.3 Å². The summed E-state index contributed by atoms with van der Waals surface area (Å²) in [5, 5.41) is 9.03. The number of pyridine rings is 1. The normalized spacial score (nSPS) is 22.9. The Hall–Kier alpha value is -3.16. The fraction of sp³-hybridized carbons (Fsp3) is 0.381. The number of hydrogen-bond acceptors (Lipinski definition) is 5. The van der Waals surface area contributed by atoms with E-state index in [2.05, 4.69) is 34.1 Å². The predicted molar refractivity (Wildman–Crippen MR) is 107 cm³/mol. The maximum Gasteiger partial charge on any atom is 0.414 e. The van der Waals surface area contributed by atoms with Gasteiger partial charge in [0.05, 0.1) is 0 Å². The summed E-state index contributed by atoms with van der Waals surface area (Å²) in [5.41, 5.74) is 6.68. The number of hydrogen-bond donors (Lipinski definition) is 3. The molecule has 2 aliphatic heterocycles. The summed E-state index contributed by atoms with van der Waals surface area (Å²) in [6.45, 7) is -0.254. The van der Waals surface area contributed by atoms with Gasteiger partial charge in [-0.3, -0.25) is 10.7 Å². The SMILES string of the molecule is N=C(N)NC(=O)OCc1ccnc(N2C3CCC2CC(c2ccccc2)C3)c1F. The number of benzene rings is 1. The Morgan fingerprint density at radius 2 is 1.93 bits per heavy atom. The molecule has 2 bridgehead atoms. The number of nitrogens with zero attached hydrogens (tertiary/aromatic N) is 2. The van der Waals surface area contributed by atoms with E-state index < -0.39 is 17.9 Å². The average Bonchev–Trinajstić information content (AvgIpc) is 2.96. The molecule has 7 nitrogen and oxygen atoms in total. The Morgan fingerprint density at radius 1 is 1.24 bits per heavy atom. The summed E-state index contributed by atoms with van der Waals surface area (Å²) in [4.78, 5) is 17.9. The molecule has 152 valence electrons. The molecule has 0 radical (unpaired) electrons. The van der Waals surface area contributed by atoms with Gasteiger partial charge in [0.25, 0.3) is 0 Å². The quantitative estimate of drug-likeness (QED) is 0.543. The van der Waals surface area contributed by atoms with Crippen LogP contribution in [-0.2, 0) is 11.3 Å². The van der Waals surface area contributed by atoms with Crippen LogP contribution in [0.4, 0.5) is 15.0 Å². The molecular weight excluding hydrogens is 373 g/mol. The van der Waals surface area contributed by atoms with Crippen LogP contribution >= 0.6 is 0 Å². The number of halogens is 1. The standard InChI is InChI=1S/C21H24FN5O2/c22-18-14(12-29-21(28)26-20(23)24)8-9-25-19(18)27-16-6-7-17(27)11-15(10-16)13-4-2-1-3-5-13/h1-5,8-9,15-17H,6-7,10-12H2,(H4,23,24,26,28). The molecule has 2 unspecified atom stereocenters. The van der Waals surface area contributed by atoms with Gasteiger partial charge in [-0.05, 0) is 43.2 Å². The molecule has 2 aromatic rings. The van der Waals surface area contributed by atoms with Gasteiger partial charge >= 0.3 is 6.09 Å². The first kappa shape index (κ1) is 19.2. The zero-order chi connectivity index (χ0) is 20.4. The van der Waals surface area contributed by atoms with Crippen molar-refractivity contribution in [1.29, 1.82) is 5.41 Å². The summed E-state index contributed by atoms with van der Waals surface area (Å²) in [5.74, 6) is -0.172. The molecule has 2 aliphatic rings. The zero-order valence-corrected chi connectivity index (χ0v) is 16.0. The number of nitrogens with one attached hydrogen (secondary N) is 2. The second kappa shape index (κ2) is 8.06. The van der Waals surface area contributed by atoms with Crippen molar-refractivity contribution < 1.29 is 13.9 Å². The van der Waals surface area contributed by atoms with Gasteiger partial charge in [-0.2, -0.15) is 0 Å². The Labute approximate surface area is 168 Å². The number of carbonyl (C=O) groups is 1. The minimum atomic E-state index is -0.890. The van der Waals surface area contributed by atoms with E-state index in [1.807, 2.05) is 11.4 Å². The molecule has 1 aromatic carbocycles. The third-order valence-electron chi connectivity index (χ3n) is 5.79. The highest BCUT2D eigenvalue weighted by molar-refractivity contribution is 5.90. The van der Waals surface area contributed by atoms with Crippen molar-refractivity contribution in [3.63, 3.8) is 0 Å². The van der Waals surface area contributed by atoms with Crippen LogP contribution in [0.2, 0.25) is 0 Å².